The van der Waals surface area contributed by atoms with Crippen molar-refractivity contribution >= 4 is 23.7 Å². The molecule has 0 spiro atoms. The van der Waals surface area contributed by atoms with Gasteiger partial charge in [0.1, 0.15) is 11.8 Å². The summed E-state index contributed by atoms with van der Waals surface area (Å²) in [4.78, 5) is 38.0. The maximum Gasteiger partial charge on any atom is 0.266 e. The lowest BCUT2D eigenvalue weighted by molar-refractivity contribution is -0.122. The predicted octanol–water partition coefficient (Wildman–Crippen LogP) is 2.46. The SMILES string of the molecule is CO.Cc1ccc(N(C)/N=C\C(=O)N(C)CCCO)cc1C(=O)NCC1(N=O)CCCCCC1. The third kappa shape index (κ3) is 8.83. The highest BCUT2D eigenvalue weighted by atomic mass is 16.3. The van der Waals surface area contributed by atoms with Gasteiger partial charge in [-0.3, -0.25) is 14.6 Å². The Morgan fingerprint density at radius 2 is 1.79 bits per heavy atom. The molecule has 1 aromatic rings. The molecule has 0 aliphatic heterocycles. The number of benzene rings is 1. The highest BCUT2D eigenvalue weighted by molar-refractivity contribution is 6.26. The second-order valence-electron chi connectivity index (χ2n) is 8.52. The molecule has 10 heteroatoms. The molecule has 0 aromatic heterocycles. The summed E-state index contributed by atoms with van der Waals surface area (Å²) in [5.41, 5.74) is 1.23. The van der Waals surface area contributed by atoms with E-state index >= 15 is 0 Å². The molecular formula is C24H39N5O5. The highest BCUT2D eigenvalue weighted by Crippen LogP contribution is 2.30. The Balaban J connectivity index is 0.00000281. The van der Waals surface area contributed by atoms with Crippen LogP contribution in [0, 0.1) is 11.8 Å². The first-order chi connectivity index (χ1) is 16.3. The van der Waals surface area contributed by atoms with E-state index in [2.05, 4.69) is 15.6 Å². The van der Waals surface area contributed by atoms with Crippen molar-refractivity contribution in [3.05, 3.63) is 34.2 Å². The molecule has 1 saturated carbocycles. The number of nitrogens with zero attached hydrogens (tertiary/aromatic N) is 4. The van der Waals surface area contributed by atoms with Crippen LogP contribution in [0.4, 0.5) is 5.69 Å². The van der Waals surface area contributed by atoms with Crippen LogP contribution in [-0.4, -0.2) is 79.6 Å². The Labute approximate surface area is 202 Å². The van der Waals surface area contributed by atoms with Crippen LogP contribution >= 0.6 is 0 Å². The minimum Gasteiger partial charge on any atom is -0.400 e. The van der Waals surface area contributed by atoms with E-state index in [1.165, 1.54) is 16.1 Å². The zero-order chi connectivity index (χ0) is 25.6. The van der Waals surface area contributed by atoms with Gasteiger partial charge in [0.25, 0.3) is 11.8 Å². The fraction of sp³-hybridized carbons (Fsp3) is 0.625. The summed E-state index contributed by atoms with van der Waals surface area (Å²) >= 11 is 0. The van der Waals surface area contributed by atoms with Crippen molar-refractivity contribution in [1.82, 2.24) is 10.2 Å². The third-order valence-corrected chi connectivity index (χ3v) is 6.01. The number of aliphatic hydroxyl groups is 2. The van der Waals surface area contributed by atoms with Crippen LogP contribution in [0.15, 0.2) is 28.5 Å². The van der Waals surface area contributed by atoms with Crippen LogP contribution in [0.3, 0.4) is 0 Å². The van der Waals surface area contributed by atoms with Gasteiger partial charge < -0.3 is 20.4 Å². The summed E-state index contributed by atoms with van der Waals surface area (Å²) in [5, 5.41) is 27.9. The average molecular weight is 478 g/mol. The lowest BCUT2D eigenvalue weighted by Gasteiger charge is -2.25. The Kier molecular flexibility index (Phi) is 13.0. The van der Waals surface area contributed by atoms with Crippen molar-refractivity contribution in [2.45, 2.75) is 57.4 Å². The summed E-state index contributed by atoms with van der Waals surface area (Å²) in [6.45, 7) is 2.55. The zero-order valence-electron chi connectivity index (χ0n) is 20.8. The number of aryl methyl sites for hydroxylation is 1. The lowest BCUT2D eigenvalue weighted by atomic mass is 9.91. The number of carbonyl (C=O) groups excluding carboxylic acids is 2. The van der Waals surface area contributed by atoms with E-state index < -0.39 is 5.54 Å². The summed E-state index contributed by atoms with van der Waals surface area (Å²) in [7, 11) is 4.34. The van der Waals surface area contributed by atoms with E-state index in [1.807, 2.05) is 19.1 Å². The van der Waals surface area contributed by atoms with Gasteiger partial charge in [0.2, 0.25) is 0 Å². The van der Waals surface area contributed by atoms with Crippen LogP contribution in [0.5, 0.6) is 0 Å². The molecule has 2 amide bonds. The molecule has 0 radical (unpaired) electrons. The molecule has 2 rings (SSSR count). The van der Waals surface area contributed by atoms with Crippen molar-refractivity contribution in [2.75, 3.05) is 45.9 Å². The largest absolute Gasteiger partial charge is 0.400 e. The van der Waals surface area contributed by atoms with Crippen LogP contribution in [0.25, 0.3) is 0 Å². The monoisotopic (exact) mass is 477 g/mol. The van der Waals surface area contributed by atoms with E-state index in [4.69, 9.17) is 10.2 Å². The predicted molar refractivity (Wildman–Crippen MR) is 134 cm³/mol. The molecule has 0 saturated heterocycles. The first kappa shape index (κ1) is 29.2. The van der Waals surface area contributed by atoms with Crippen molar-refractivity contribution in [3.8, 4) is 0 Å². The molecule has 1 aliphatic carbocycles. The normalized spacial score (nSPS) is 15.0. The number of carbonyl (C=O) groups is 2. The Morgan fingerprint density at radius 1 is 1.15 bits per heavy atom. The van der Waals surface area contributed by atoms with Gasteiger partial charge >= 0.3 is 0 Å². The number of nitrogens with one attached hydrogen (secondary N) is 1. The Morgan fingerprint density at radius 3 is 2.38 bits per heavy atom. The van der Waals surface area contributed by atoms with Crippen LogP contribution < -0.4 is 10.3 Å². The molecule has 10 nitrogen and oxygen atoms in total. The van der Waals surface area contributed by atoms with Crippen molar-refractivity contribution in [2.24, 2.45) is 10.3 Å². The molecule has 1 aromatic carbocycles. The second kappa shape index (κ2) is 15.1. The number of amides is 2. The fourth-order valence-corrected chi connectivity index (χ4v) is 3.80. The number of hydrazone groups is 1. The molecule has 0 unspecified atom stereocenters. The fourth-order valence-electron chi connectivity index (χ4n) is 3.80. The van der Waals surface area contributed by atoms with E-state index in [0.29, 0.717) is 37.1 Å². The molecule has 0 bridgehead atoms. The Bertz CT molecular complexity index is 822. The van der Waals surface area contributed by atoms with E-state index in [9.17, 15) is 14.5 Å². The van der Waals surface area contributed by atoms with Crippen molar-refractivity contribution in [3.63, 3.8) is 0 Å². The standard InChI is InChI=1S/C23H35N5O4.CH4O/c1-18-9-10-19(28(3)25-16-21(30)27(2)13-8-14-29)15-20(18)22(31)24-17-23(26-32)11-6-4-5-7-12-23;1-2/h9-10,15-16,29H,4-8,11-14,17H2,1-3H3,(H,24,31);2H,1H3/b25-16-;. The van der Waals surface area contributed by atoms with Crippen molar-refractivity contribution in [1.29, 1.82) is 0 Å². The first-order valence-corrected chi connectivity index (χ1v) is 11.6. The maximum absolute atomic E-state index is 12.9. The Hall–Kier alpha value is -2.85. The minimum absolute atomic E-state index is 0.0207. The highest BCUT2D eigenvalue weighted by Gasteiger charge is 2.33. The number of hydrogen-bond acceptors (Lipinski definition) is 8. The molecule has 0 atom stereocenters. The minimum atomic E-state index is -0.721. The number of aliphatic hydroxyl groups excluding tert-OH is 2. The zero-order valence-corrected chi connectivity index (χ0v) is 20.8. The average Bonchev–Trinajstić information content (AvgIpc) is 3.11. The number of rotatable bonds is 10. The van der Waals surface area contributed by atoms with Gasteiger partial charge in [-0.2, -0.15) is 10.0 Å². The van der Waals surface area contributed by atoms with E-state index in [-0.39, 0.29) is 25.0 Å². The number of nitroso groups, excluding NO2 is 1. The molecule has 190 valence electrons. The van der Waals surface area contributed by atoms with Gasteiger partial charge in [-0.25, -0.2) is 0 Å². The van der Waals surface area contributed by atoms with Gasteiger partial charge in [0.05, 0.1) is 5.69 Å². The van der Waals surface area contributed by atoms with Crippen LogP contribution in [0.2, 0.25) is 0 Å². The third-order valence-electron chi connectivity index (χ3n) is 6.01. The van der Waals surface area contributed by atoms with E-state index in [0.717, 1.165) is 38.4 Å². The van der Waals surface area contributed by atoms with Gasteiger partial charge in [-0.15, -0.1) is 0 Å². The summed E-state index contributed by atoms with van der Waals surface area (Å²) in [5.74, 6) is -0.528. The summed E-state index contributed by atoms with van der Waals surface area (Å²) in [6.07, 6.45) is 7.21. The van der Waals surface area contributed by atoms with Gasteiger partial charge in [-0.1, -0.05) is 36.9 Å². The molecule has 3 N–H and O–H groups in total. The van der Waals surface area contributed by atoms with E-state index in [1.54, 1.807) is 20.2 Å². The summed E-state index contributed by atoms with van der Waals surface area (Å²) < 4.78 is 0. The van der Waals surface area contributed by atoms with Crippen LogP contribution in [-0.2, 0) is 4.79 Å². The molecule has 0 heterocycles. The summed E-state index contributed by atoms with van der Waals surface area (Å²) in [6, 6.07) is 5.37. The maximum atomic E-state index is 12.9. The van der Waals surface area contributed by atoms with Gasteiger partial charge in [0.15, 0.2) is 0 Å². The quantitative estimate of drug-likeness (QED) is 0.205. The smallest absolute Gasteiger partial charge is 0.266 e. The lowest BCUT2D eigenvalue weighted by Crippen LogP contribution is -2.41. The second-order valence-corrected chi connectivity index (χ2v) is 8.52. The topological polar surface area (TPSA) is 135 Å². The molecular weight excluding hydrogens is 438 g/mol. The number of hydrogen-bond donors (Lipinski definition) is 3. The molecule has 34 heavy (non-hydrogen) atoms. The van der Waals surface area contributed by atoms with Crippen LogP contribution in [0.1, 0.15) is 60.9 Å². The van der Waals surface area contributed by atoms with Gasteiger partial charge in [-0.05, 0) is 43.9 Å². The first-order valence-electron chi connectivity index (χ1n) is 11.6. The molecule has 1 aliphatic rings. The van der Waals surface area contributed by atoms with Gasteiger partial charge in [0, 0.05) is 46.5 Å². The van der Waals surface area contributed by atoms with Crippen molar-refractivity contribution < 1.29 is 19.8 Å². The molecule has 1 fully saturated rings. The number of anilines is 1.